The number of carbonyl (C=O) groups excluding carboxylic acids is 1. The number of amides is 1. The van der Waals surface area contributed by atoms with E-state index in [0.717, 1.165) is 16.0 Å². The number of aromatic nitrogens is 1. The van der Waals surface area contributed by atoms with Gasteiger partial charge in [-0.2, -0.15) is 0 Å². The van der Waals surface area contributed by atoms with E-state index in [0.29, 0.717) is 16.2 Å². The molecular formula is C16H12BrFN2O2S. The lowest BCUT2D eigenvalue weighted by Gasteiger charge is -2.03. The van der Waals surface area contributed by atoms with Crippen molar-refractivity contribution in [3.63, 3.8) is 0 Å². The van der Waals surface area contributed by atoms with Crippen LogP contribution in [0, 0.1) is 5.82 Å². The number of halogens is 2. The van der Waals surface area contributed by atoms with E-state index >= 15 is 0 Å². The largest absolute Gasteiger partial charge is 0.494 e. The molecule has 1 heterocycles. The molecule has 0 radical (unpaired) electrons. The highest BCUT2D eigenvalue weighted by atomic mass is 79.9. The summed E-state index contributed by atoms with van der Waals surface area (Å²) >= 11 is 4.54. The molecule has 0 saturated carbocycles. The van der Waals surface area contributed by atoms with Crippen molar-refractivity contribution in [1.82, 2.24) is 4.98 Å². The van der Waals surface area contributed by atoms with E-state index in [4.69, 9.17) is 4.74 Å². The molecule has 0 aliphatic heterocycles. The maximum absolute atomic E-state index is 13.7. The minimum Gasteiger partial charge on any atom is -0.494 e. The lowest BCUT2D eigenvalue weighted by atomic mass is 10.2. The van der Waals surface area contributed by atoms with Crippen LogP contribution in [0.2, 0.25) is 0 Å². The molecule has 1 aromatic heterocycles. The maximum atomic E-state index is 13.7. The molecule has 0 saturated heterocycles. The number of ether oxygens (including phenoxy) is 1. The molecule has 118 valence electrons. The van der Waals surface area contributed by atoms with Gasteiger partial charge in [-0.1, -0.05) is 27.3 Å². The first-order chi connectivity index (χ1) is 11.1. The second-order valence-electron chi connectivity index (χ2n) is 4.66. The number of fused-ring (bicyclic) bond motifs is 1. The Morgan fingerprint density at radius 2 is 2.17 bits per heavy atom. The topological polar surface area (TPSA) is 51.2 Å². The Bertz CT molecular complexity index is 882. The molecule has 0 aliphatic rings. The van der Waals surface area contributed by atoms with Crippen molar-refractivity contribution < 1.29 is 13.9 Å². The molecule has 0 atom stereocenters. The molecule has 3 rings (SSSR count). The van der Waals surface area contributed by atoms with Crippen molar-refractivity contribution >= 4 is 48.5 Å². The molecule has 1 amide bonds. The second kappa shape index (κ2) is 6.64. The van der Waals surface area contributed by atoms with Gasteiger partial charge in [-0.25, -0.2) is 9.37 Å². The van der Waals surface area contributed by atoms with Crippen LogP contribution < -0.4 is 10.1 Å². The predicted octanol–water partition coefficient (Wildman–Crippen LogP) is 4.85. The van der Waals surface area contributed by atoms with Gasteiger partial charge >= 0.3 is 0 Å². The standard InChI is InChI=1S/C16H12BrFN2O2S/c1-2-22-10-4-6-13-14(8-10)23-16(19-13)20-15(21)11-7-9(17)3-5-12(11)18/h3-8H,2H2,1H3,(H,19,20,21). The molecule has 0 fully saturated rings. The third-order valence-electron chi connectivity index (χ3n) is 3.06. The predicted molar refractivity (Wildman–Crippen MR) is 92.8 cm³/mol. The van der Waals surface area contributed by atoms with Crippen molar-refractivity contribution in [3.8, 4) is 5.75 Å². The number of carbonyl (C=O) groups is 1. The molecule has 1 N–H and O–H groups in total. The summed E-state index contributed by atoms with van der Waals surface area (Å²) in [5.74, 6) is -0.363. The van der Waals surface area contributed by atoms with Gasteiger partial charge in [0.15, 0.2) is 5.13 Å². The molecule has 0 bridgehead atoms. The fourth-order valence-electron chi connectivity index (χ4n) is 2.05. The van der Waals surface area contributed by atoms with Gasteiger partial charge in [0.05, 0.1) is 22.4 Å². The van der Waals surface area contributed by atoms with E-state index in [2.05, 4.69) is 26.2 Å². The Morgan fingerprint density at radius 3 is 2.96 bits per heavy atom. The number of benzene rings is 2. The number of rotatable bonds is 4. The van der Waals surface area contributed by atoms with Crippen molar-refractivity contribution in [3.05, 3.63) is 52.3 Å². The van der Waals surface area contributed by atoms with Crippen LogP contribution in [-0.2, 0) is 0 Å². The fraction of sp³-hybridized carbons (Fsp3) is 0.125. The van der Waals surface area contributed by atoms with E-state index in [1.807, 2.05) is 25.1 Å². The van der Waals surface area contributed by atoms with Crippen LogP contribution in [-0.4, -0.2) is 17.5 Å². The Labute approximate surface area is 144 Å². The van der Waals surface area contributed by atoms with Gasteiger partial charge < -0.3 is 4.74 Å². The van der Waals surface area contributed by atoms with Crippen molar-refractivity contribution in [1.29, 1.82) is 0 Å². The minimum absolute atomic E-state index is 0.0337. The van der Waals surface area contributed by atoms with Crippen LogP contribution in [0.4, 0.5) is 9.52 Å². The molecule has 0 aliphatic carbocycles. The normalized spacial score (nSPS) is 10.7. The molecule has 2 aromatic carbocycles. The van der Waals surface area contributed by atoms with Crippen LogP contribution in [0.15, 0.2) is 40.9 Å². The first-order valence-corrected chi connectivity index (χ1v) is 8.47. The Hall–Kier alpha value is -1.99. The summed E-state index contributed by atoms with van der Waals surface area (Å²) in [5.41, 5.74) is 0.720. The third kappa shape index (κ3) is 3.51. The quantitative estimate of drug-likeness (QED) is 0.687. The number of hydrogen-bond acceptors (Lipinski definition) is 4. The number of thiazole rings is 1. The molecular weight excluding hydrogens is 383 g/mol. The van der Waals surface area contributed by atoms with Crippen LogP contribution >= 0.6 is 27.3 Å². The molecule has 4 nitrogen and oxygen atoms in total. The molecule has 7 heteroatoms. The van der Waals surface area contributed by atoms with E-state index in [1.54, 1.807) is 6.07 Å². The summed E-state index contributed by atoms with van der Waals surface area (Å²) in [6, 6.07) is 9.74. The highest BCUT2D eigenvalue weighted by molar-refractivity contribution is 9.10. The van der Waals surface area contributed by atoms with Gasteiger partial charge in [0.25, 0.3) is 5.91 Å². The minimum atomic E-state index is -0.578. The smallest absolute Gasteiger partial charge is 0.260 e. The number of anilines is 1. The summed E-state index contributed by atoms with van der Waals surface area (Å²) in [4.78, 5) is 16.5. The summed E-state index contributed by atoms with van der Waals surface area (Å²) in [7, 11) is 0. The zero-order valence-electron chi connectivity index (χ0n) is 12.1. The van der Waals surface area contributed by atoms with E-state index in [9.17, 15) is 9.18 Å². The van der Waals surface area contributed by atoms with Crippen molar-refractivity contribution in [2.45, 2.75) is 6.92 Å². The van der Waals surface area contributed by atoms with Crippen LogP contribution in [0.25, 0.3) is 10.2 Å². The van der Waals surface area contributed by atoms with Crippen LogP contribution in [0.5, 0.6) is 5.75 Å². The first-order valence-electron chi connectivity index (χ1n) is 6.86. The third-order valence-corrected chi connectivity index (χ3v) is 4.49. The summed E-state index contributed by atoms with van der Waals surface area (Å²) in [5, 5.41) is 3.05. The monoisotopic (exact) mass is 394 g/mol. The van der Waals surface area contributed by atoms with Gasteiger partial charge in [-0.15, -0.1) is 0 Å². The second-order valence-corrected chi connectivity index (χ2v) is 6.61. The Morgan fingerprint density at radius 1 is 1.35 bits per heavy atom. The van der Waals surface area contributed by atoms with Gasteiger partial charge in [0, 0.05) is 4.47 Å². The van der Waals surface area contributed by atoms with E-state index < -0.39 is 11.7 Å². The molecule has 23 heavy (non-hydrogen) atoms. The van der Waals surface area contributed by atoms with Gasteiger partial charge in [-0.05, 0) is 43.3 Å². The summed E-state index contributed by atoms with van der Waals surface area (Å²) in [6.07, 6.45) is 0. The van der Waals surface area contributed by atoms with Gasteiger partial charge in [0.1, 0.15) is 11.6 Å². The van der Waals surface area contributed by atoms with Gasteiger partial charge in [-0.3, -0.25) is 10.1 Å². The van der Waals surface area contributed by atoms with Crippen molar-refractivity contribution in [2.75, 3.05) is 11.9 Å². The number of hydrogen-bond donors (Lipinski definition) is 1. The fourth-order valence-corrected chi connectivity index (χ4v) is 3.30. The molecule has 0 spiro atoms. The average molecular weight is 395 g/mol. The lowest BCUT2D eigenvalue weighted by Crippen LogP contribution is -2.13. The highest BCUT2D eigenvalue weighted by Gasteiger charge is 2.14. The Balaban J connectivity index is 1.86. The van der Waals surface area contributed by atoms with E-state index in [-0.39, 0.29) is 5.56 Å². The number of nitrogens with zero attached hydrogens (tertiary/aromatic N) is 1. The zero-order valence-corrected chi connectivity index (χ0v) is 14.5. The zero-order chi connectivity index (χ0) is 16.4. The summed E-state index contributed by atoms with van der Waals surface area (Å²) < 4.78 is 20.7. The molecule has 3 aromatic rings. The first kappa shape index (κ1) is 15.9. The maximum Gasteiger partial charge on any atom is 0.260 e. The van der Waals surface area contributed by atoms with Crippen LogP contribution in [0.3, 0.4) is 0 Å². The number of nitrogens with one attached hydrogen (secondary N) is 1. The lowest BCUT2D eigenvalue weighted by molar-refractivity contribution is 0.102. The Kier molecular flexibility index (Phi) is 4.58. The van der Waals surface area contributed by atoms with Crippen molar-refractivity contribution in [2.24, 2.45) is 0 Å². The van der Waals surface area contributed by atoms with E-state index in [1.165, 1.54) is 23.5 Å². The molecule has 0 unspecified atom stereocenters. The summed E-state index contributed by atoms with van der Waals surface area (Å²) in [6.45, 7) is 2.49. The average Bonchev–Trinajstić information content (AvgIpc) is 2.91. The van der Waals surface area contributed by atoms with Gasteiger partial charge in [0.2, 0.25) is 0 Å². The SMILES string of the molecule is CCOc1ccc2nc(NC(=O)c3cc(Br)ccc3F)sc2c1. The van der Waals surface area contributed by atoms with Crippen LogP contribution in [0.1, 0.15) is 17.3 Å². The highest BCUT2D eigenvalue weighted by Crippen LogP contribution is 2.29.